The van der Waals surface area contributed by atoms with Gasteiger partial charge in [0.1, 0.15) is 5.82 Å². The van der Waals surface area contributed by atoms with Crippen LogP contribution in [0.1, 0.15) is 5.56 Å². The molecule has 0 aliphatic rings. The smallest absolute Gasteiger partial charge is 0.132 e. The number of nitrogens with zero attached hydrogens (tertiary/aromatic N) is 1. The second-order valence-corrected chi connectivity index (χ2v) is 3.59. The minimum absolute atomic E-state index is 0.357. The standard InChI is InChI=1S/C11H7FN2S/c12-10-2-1-7(5-13)3-9(10)11-4-8(15)6-14-11/h1-4,6,14-15H. The number of H-pyrrole nitrogens is 1. The summed E-state index contributed by atoms with van der Waals surface area (Å²) in [6, 6.07) is 7.92. The average molecular weight is 218 g/mol. The van der Waals surface area contributed by atoms with Crippen molar-refractivity contribution in [2.24, 2.45) is 0 Å². The molecule has 2 nitrogen and oxygen atoms in total. The lowest BCUT2D eigenvalue weighted by atomic mass is 10.1. The SMILES string of the molecule is N#Cc1ccc(F)c(-c2cc(S)c[nH]2)c1. The Morgan fingerprint density at radius 2 is 2.13 bits per heavy atom. The number of aromatic nitrogens is 1. The Balaban J connectivity index is 2.57. The van der Waals surface area contributed by atoms with E-state index in [-0.39, 0.29) is 5.82 Å². The molecule has 0 amide bonds. The zero-order chi connectivity index (χ0) is 10.8. The van der Waals surface area contributed by atoms with E-state index in [2.05, 4.69) is 17.6 Å². The maximum Gasteiger partial charge on any atom is 0.132 e. The van der Waals surface area contributed by atoms with Gasteiger partial charge >= 0.3 is 0 Å². The number of aromatic amines is 1. The first-order valence-electron chi connectivity index (χ1n) is 4.28. The van der Waals surface area contributed by atoms with Crippen LogP contribution in [-0.4, -0.2) is 4.98 Å². The van der Waals surface area contributed by atoms with Gasteiger partial charge in [0.25, 0.3) is 0 Å². The molecule has 0 unspecified atom stereocenters. The summed E-state index contributed by atoms with van der Waals surface area (Å²) < 4.78 is 13.4. The number of halogens is 1. The Labute approximate surface area is 91.8 Å². The van der Waals surface area contributed by atoms with Crippen molar-refractivity contribution < 1.29 is 4.39 Å². The molecule has 1 aromatic carbocycles. The van der Waals surface area contributed by atoms with Crippen molar-refractivity contribution in [2.75, 3.05) is 0 Å². The van der Waals surface area contributed by atoms with E-state index in [0.29, 0.717) is 16.8 Å². The van der Waals surface area contributed by atoms with Gasteiger partial charge in [-0.25, -0.2) is 4.39 Å². The first-order chi connectivity index (χ1) is 7.20. The van der Waals surface area contributed by atoms with Crippen LogP contribution in [0.25, 0.3) is 11.3 Å². The molecule has 1 N–H and O–H groups in total. The minimum atomic E-state index is -0.357. The van der Waals surface area contributed by atoms with E-state index >= 15 is 0 Å². The lowest BCUT2D eigenvalue weighted by Crippen LogP contribution is -1.85. The summed E-state index contributed by atoms with van der Waals surface area (Å²) in [7, 11) is 0. The summed E-state index contributed by atoms with van der Waals surface area (Å²) >= 11 is 4.12. The van der Waals surface area contributed by atoms with Gasteiger partial charge < -0.3 is 4.98 Å². The molecule has 74 valence electrons. The van der Waals surface area contributed by atoms with Crippen molar-refractivity contribution in [3.63, 3.8) is 0 Å². The molecule has 0 fully saturated rings. The van der Waals surface area contributed by atoms with Crippen LogP contribution in [0, 0.1) is 17.1 Å². The number of nitriles is 1. The fraction of sp³-hybridized carbons (Fsp3) is 0. The quantitative estimate of drug-likeness (QED) is 0.710. The lowest BCUT2D eigenvalue weighted by Gasteiger charge is -2.00. The van der Waals surface area contributed by atoms with Crippen LogP contribution in [0.2, 0.25) is 0 Å². The van der Waals surface area contributed by atoms with Gasteiger partial charge in [0.05, 0.1) is 11.6 Å². The van der Waals surface area contributed by atoms with E-state index in [1.807, 2.05) is 6.07 Å². The monoisotopic (exact) mass is 218 g/mol. The molecule has 0 aliphatic carbocycles. The zero-order valence-electron chi connectivity index (χ0n) is 7.66. The van der Waals surface area contributed by atoms with Gasteiger partial charge in [-0.15, -0.1) is 12.6 Å². The summed E-state index contributed by atoms with van der Waals surface area (Å²) in [6.45, 7) is 0. The van der Waals surface area contributed by atoms with E-state index in [4.69, 9.17) is 5.26 Å². The van der Waals surface area contributed by atoms with E-state index in [0.717, 1.165) is 4.90 Å². The predicted octanol–water partition coefficient (Wildman–Crippen LogP) is 2.98. The maximum atomic E-state index is 13.4. The van der Waals surface area contributed by atoms with Crippen molar-refractivity contribution in [2.45, 2.75) is 4.90 Å². The van der Waals surface area contributed by atoms with E-state index < -0.39 is 0 Å². The normalized spacial score (nSPS) is 9.93. The topological polar surface area (TPSA) is 39.6 Å². The van der Waals surface area contributed by atoms with Crippen molar-refractivity contribution in [1.29, 1.82) is 5.26 Å². The molecule has 2 rings (SSSR count). The predicted molar refractivity (Wildman–Crippen MR) is 58.2 cm³/mol. The third-order valence-corrected chi connectivity index (χ3v) is 2.31. The Kier molecular flexibility index (Phi) is 2.48. The number of benzene rings is 1. The van der Waals surface area contributed by atoms with Gasteiger partial charge in [0.2, 0.25) is 0 Å². The Morgan fingerprint density at radius 3 is 2.73 bits per heavy atom. The molecular formula is C11H7FN2S. The van der Waals surface area contributed by atoms with Gasteiger partial charge in [-0.1, -0.05) is 0 Å². The average Bonchev–Trinajstić information content (AvgIpc) is 2.65. The van der Waals surface area contributed by atoms with Crippen LogP contribution in [0.3, 0.4) is 0 Å². The Bertz CT molecular complexity index is 540. The third kappa shape index (κ3) is 1.88. The van der Waals surface area contributed by atoms with Gasteiger partial charge in [-0.3, -0.25) is 0 Å². The van der Waals surface area contributed by atoms with Crippen molar-refractivity contribution in [3.8, 4) is 17.3 Å². The second kappa shape index (κ2) is 3.79. The largest absolute Gasteiger partial charge is 0.360 e. The molecule has 0 aliphatic heterocycles. The Morgan fingerprint density at radius 1 is 1.33 bits per heavy atom. The van der Waals surface area contributed by atoms with Gasteiger partial charge in [-0.2, -0.15) is 5.26 Å². The van der Waals surface area contributed by atoms with Crippen LogP contribution in [-0.2, 0) is 0 Å². The highest BCUT2D eigenvalue weighted by molar-refractivity contribution is 7.80. The van der Waals surface area contributed by atoms with Crippen LogP contribution >= 0.6 is 12.6 Å². The molecule has 4 heteroatoms. The van der Waals surface area contributed by atoms with E-state index in [1.54, 1.807) is 12.3 Å². The Hall–Kier alpha value is -1.73. The molecule has 1 heterocycles. The fourth-order valence-electron chi connectivity index (χ4n) is 1.34. The molecule has 2 aromatic rings. The van der Waals surface area contributed by atoms with Crippen LogP contribution in [0.4, 0.5) is 4.39 Å². The van der Waals surface area contributed by atoms with E-state index in [9.17, 15) is 4.39 Å². The molecule has 0 saturated heterocycles. The fourth-order valence-corrected chi connectivity index (χ4v) is 1.53. The summed E-state index contributed by atoms with van der Waals surface area (Å²) in [5.74, 6) is -0.357. The lowest BCUT2D eigenvalue weighted by molar-refractivity contribution is 0.630. The number of hydrogen-bond donors (Lipinski definition) is 2. The van der Waals surface area contributed by atoms with Crippen LogP contribution < -0.4 is 0 Å². The first-order valence-corrected chi connectivity index (χ1v) is 4.73. The van der Waals surface area contributed by atoms with E-state index in [1.165, 1.54) is 18.2 Å². The van der Waals surface area contributed by atoms with Crippen molar-refractivity contribution >= 4 is 12.6 Å². The molecule has 0 radical (unpaired) electrons. The summed E-state index contributed by atoms with van der Waals surface area (Å²) in [5, 5.41) is 8.71. The second-order valence-electron chi connectivity index (χ2n) is 3.08. The van der Waals surface area contributed by atoms with Gasteiger partial charge in [0.15, 0.2) is 0 Å². The van der Waals surface area contributed by atoms with Crippen LogP contribution in [0.5, 0.6) is 0 Å². The van der Waals surface area contributed by atoms with Gasteiger partial charge in [0, 0.05) is 22.3 Å². The number of hydrogen-bond acceptors (Lipinski definition) is 2. The molecule has 0 saturated carbocycles. The zero-order valence-corrected chi connectivity index (χ0v) is 8.55. The summed E-state index contributed by atoms with van der Waals surface area (Å²) in [5.41, 5.74) is 1.44. The molecule has 1 aromatic heterocycles. The number of rotatable bonds is 1. The van der Waals surface area contributed by atoms with Crippen molar-refractivity contribution in [1.82, 2.24) is 4.98 Å². The molecule has 0 bridgehead atoms. The highest BCUT2D eigenvalue weighted by Crippen LogP contribution is 2.24. The first kappa shape index (κ1) is 9.81. The number of nitrogens with one attached hydrogen (secondary N) is 1. The molecular weight excluding hydrogens is 211 g/mol. The molecule has 15 heavy (non-hydrogen) atoms. The number of thiol groups is 1. The van der Waals surface area contributed by atoms with Gasteiger partial charge in [-0.05, 0) is 24.3 Å². The third-order valence-electron chi connectivity index (χ3n) is 2.05. The molecule has 0 spiro atoms. The highest BCUT2D eigenvalue weighted by atomic mass is 32.1. The summed E-state index contributed by atoms with van der Waals surface area (Å²) in [4.78, 5) is 3.62. The highest BCUT2D eigenvalue weighted by Gasteiger charge is 2.07. The van der Waals surface area contributed by atoms with Crippen LogP contribution in [0.15, 0.2) is 35.4 Å². The summed E-state index contributed by atoms with van der Waals surface area (Å²) in [6.07, 6.45) is 1.66. The van der Waals surface area contributed by atoms with Crippen molar-refractivity contribution in [3.05, 3.63) is 41.8 Å². The maximum absolute atomic E-state index is 13.4. The molecule has 0 atom stereocenters. The minimum Gasteiger partial charge on any atom is -0.360 e.